The van der Waals surface area contributed by atoms with Crippen LogP contribution >= 0.6 is 0 Å². The van der Waals surface area contributed by atoms with Crippen molar-refractivity contribution < 1.29 is 4.92 Å². The van der Waals surface area contributed by atoms with Crippen molar-refractivity contribution in [3.63, 3.8) is 0 Å². The largest absolute Gasteiger partial charge is 0.354 e. The van der Waals surface area contributed by atoms with Gasteiger partial charge in [0.1, 0.15) is 0 Å². The fourth-order valence-electron chi connectivity index (χ4n) is 2.64. The number of hydrogen-bond donors (Lipinski definition) is 1. The van der Waals surface area contributed by atoms with Gasteiger partial charge in [0.25, 0.3) is 0 Å². The number of rotatable bonds is 4. The number of fused-ring (bicyclic) bond motifs is 1. The number of aromatic amines is 1. The van der Waals surface area contributed by atoms with Gasteiger partial charge in [-0.25, -0.2) is 0 Å². The standard InChI is InChI=1S/C18H16N2O2/c1-2-14(20(21)22)12-17-18(13-8-4-3-5-9-13)15-10-6-7-11-16(15)19-17/h3-12,19H,2H2,1H3/b14-12+. The van der Waals surface area contributed by atoms with Gasteiger partial charge in [0.05, 0.1) is 10.6 Å². The summed E-state index contributed by atoms with van der Waals surface area (Å²) in [6.07, 6.45) is 2.03. The van der Waals surface area contributed by atoms with Crippen LogP contribution in [0, 0.1) is 10.1 Å². The summed E-state index contributed by atoms with van der Waals surface area (Å²) in [5, 5.41) is 12.2. The van der Waals surface area contributed by atoms with Gasteiger partial charge in [-0.15, -0.1) is 0 Å². The molecular weight excluding hydrogens is 276 g/mol. The van der Waals surface area contributed by atoms with E-state index >= 15 is 0 Å². The monoisotopic (exact) mass is 292 g/mol. The molecule has 1 N–H and O–H groups in total. The molecule has 4 heteroatoms. The summed E-state index contributed by atoms with van der Waals surface area (Å²) < 4.78 is 0. The van der Waals surface area contributed by atoms with Crippen LogP contribution in [0.2, 0.25) is 0 Å². The third kappa shape index (κ3) is 2.51. The number of nitrogens with zero attached hydrogens (tertiary/aromatic N) is 1. The Morgan fingerprint density at radius 2 is 1.82 bits per heavy atom. The van der Waals surface area contributed by atoms with Crippen molar-refractivity contribution in [2.75, 3.05) is 0 Å². The Morgan fingerprint density at radius 1 is 1.14 bits per heavy atom. The third-order valence-electron chi connectivity index (χ3n) is 3.71. The normalized spacial score (nSPS) is 11.8. The first-order chi connectivity index (χ1) is 10.7. The highest BCUT2D eigenvalue weighted by molar-refractivity contribution is 6.00. The number of nitro groups is 1. The van der Waals surface area contributed by atoms with Crippen LogP contribution < -0.4 is 0 Å². The van der Waals surface area contributed by atoms with Gasteiger partial charge in [-0.2, -0.15) is 0 Å². The summed E-state index contributed by atoms with van der Waals surface area (Å²) in [7, 11) is 0. The molecule has 0 unspecified atom stereocenters. The average molecular weight is 292 g/mol. The van der Waals surface area contributed by atoms with Gasteiger partial charge in [-0.05, 0) is 11.6 Å². The van der Waals surface area contributed by atoms with E-state index in [9.17, 15) is 10.1 Å². The summed E-state index contributed by atoms with van der Waals surface area (Å²) in [5.41, 5.74) is 4.00. The Balaban J connectivity index is 2.28. The zero-order valence-corrected chi connectivity index (χ0v) is 12.2. The lowest BCUT2D eigenvalue weighted by molar-refractivity contribution is -0.425. The van der Waals surface area contributed by atoms with Crippen LogP contribution in [0.1, 0.15) is 19.0 Å². The van der Waals surface area contributed by atoms with Crippen molar-refractivity contribution in [3.05, 3.63) is 76.1 Å². The molecule has 0 atom stereocenters. The van der Waals surface area contributed by atoms with Gasteiger partial charge >= 0.3 is 0 Å². The van der Waals surface area contributed by atoms with Crippen molar-refractivity contribution >= 4 is 17.0 Å². The van der Waals surface area contributed by atoms with Crippen LogP contribution in [-0.2, 0) is 0 Å². The molecular formula is C18H16N2O2. The Hall–Kier alpha value is -2.88. The summed E-state index contributed by atoms with van der Waals surface area (Å²) >= 11 is 0. The molecule has 1 aromatic heterocycles. The molecule has 3 aromatic rings. The average Bonchev–Trinajstić information content (AvgIpc) is 2.91. The van der Waals surface area contributed by atoms with E-state index in [1.807, 2.05) is 54.6 Å². The molecule has 4 nitrogen and oxygen atoms in total. The van der Waals surface area contributed by atoms with Crippen LogP contribution in [0.3, 0.4) is 0 Å². The van der Waals surface area contributed by atoms with Crippen molar-refractivity contribution in [2.24, 2.45) is 0 Å². The first kappa shape index (κ1) is 14.1. The van der Waals surface area contributed by atoms with Crippen molar-refractivity contribution in [1.29, 1.82) is 0 Å². The lowest BCUT2D eigenvalue weighted by Gasteiger charge is -2.02. The predicted molar refractivity (Wildman–Crippen MR) is 89.0 cm³/mol. The lowest BCUT2D eigenvalue weighted by Crippen LogP contribution is -1.97. The second kappa shape index (κ2) is 5.85. The van der Waals surface area contributed by atoms with Crippen molar-refractivity contribution in [3.8, 4) is 11.1 Å². The second-order valence-corrected chi connectivity index (χ2v) is 5.07. The molecule has 0 spiro atoms. The van der Waals surface area contributed by atoms with Crippen LogP contribution in [0.25, 0.3) is 28.1 Å². The minimum absolute atomic E-state index is 0.198. The van der Waals surface area contributed by atoms with E-state index in [4.69, 9.17) is 0 Å². The third-order valence-corrected chi connectivity index (χ3v) is 3.71. The van der Waals surface area contributed by atoms with Crippen LogP contribution in [0.4, 0.5) is 0 Å². The predicted octanol–water partition coefficient (Wildman–Crippen LogP) is 4.86. The molecule has 110 valence electrons. The molecule has 0 aliphatic rings. The maximum absolute atomic E-state index is 11.1. The fourth-order valence-corrected chi connectivity index (χ4v) is 2.64. The molecule has 0 amide bonds. The van der Waals surface area contributed by atoms with E-state index < -0.39 is 0 Å². The first-order valence-corrected chi connectivity index (χ1v) is 7.21. The molecule has 0 bridgehead atoms. The summed E-state index contributed by atoms with van der Waals surface area (Å²) in [6.45, 7) is 1.79. The Bertz CT molecular complexity index is 848. The first-order valence-electron chi connectivity index (χ1n) is 7.21. The molecule has 3 rings (SSSR count). The fraction of sp³-hybridized carbons (Fsp3) is 0.111. The number of hydrogen-bond acceptors (Lipinski definition) is 2. The highest BCUT2D eigenvalue weighted by Gasteiger charge is 2.15. The van der Waals surface area contributed by atoms with E-state index in [0.29, 0.717) is 6.42 Å². The number of allylic oxidation sites excluding steroid dienone is 1. The van der Waals surface area contributed by atoms with Crippen molar-refractivity contribution in [2.45, 2.75) is 13.3 Å². The number of nitrogens with one attached hydrogen (secondary N) is 1. The number of para-hydroxylation sites is 1. The molecule has 1 heterocycles. The molecule has 0 aliphatic heterocycles. The van der Waals surface area contributed by atoms with E-state index in [1.165, 1.54) is 0 Å². The quantitative estimate of drug-likeness (QED) is 0.551. The molecule has 0 saturated heterocycles. The summed E-state index contributed by atoms with van der Waals surface area (Å²) in [6, 6.07) is 17.9. The van der Waals surface area contributed by atoms with Crippen LogP contribution in [0.15, 0.2) is 60.3 Å². The SMILES string of the molecule is CC/C(=C\c1[nH]c2ccccc2c1-c1ccccc1)[N+](=O)[O-]. The number of benzene rings is 2. The van der Waals surface area contributed by atoms with Gasteiger partial charge in [-0.3, -0.25) is 10.1 Å². The Kier molecular flexibility index (Phi) is 3.74. The number of H-pyrrole nitrogens is 1. The topological polar surface area (TPSA) is 58.9 Å². The van der Waals surface area contributed by atoms with E-state index in [-0.39, 0.29) is 10.6 Å². The minimum Gasteiger partial charge on any atom is -0.354 e. The van der Waals surface area contributed by atoms with E-state index in [0.717, 1.165) is 27.7 Å². The summed E-state index contributed by atoms with van der Waals surface area (Å²) in [4.78, 5) is 14.1. The molecule has 0 fully saturated rings. The van der Waals surface area contributed by atoms with Gasteiger partial charge in [0.15, 0.2) is 0 Å². The lowest BCUT2D eigenvalue weighted by atomic mass is 10.0. The molecule has 0 saturated carbocycles. The van der Waals surface area contributed by atoms with E-state index in [2.05, 4.69) is 4.98 Å². The van der Waals surface area contributed by atoms with Crippen LogP contribution in [0.5, 0.6) is 0 Å². The Labute approximate surface area is 128 Å². The van der Waals surface area contributed by atoms with Crippen LogP contribution in [-0.4, -0.2) is 9.91 Å². The van der Waals surface area contributed by atoms with E-state index in [1.54, 1.807) is 13.0 Å². The summed E-state index contributed by atoms with van der Waals surface area (Å²) in [5.74, 6) is 0. The highest BCUT2D eigenvalue weighted by Crippen LogP contribution is 2.33. The molecule has 0 aliphatic carbocycles. The smallest absolute Gasteiger partial charge is 0.248 e. The zero-order chi connectivity index (χ0) is 15.5. The minimum atomic E-state index is -0.319. The molecule has 0 radical (unpaired) electrons. The van der Waals surface area contributed by atoms with Gasteiger partial charge in [0, 0.05) is 29.0 Å². The number of aromatic nitrogens is 1. The maximum Gasteiger partial charge on any atom is 0.248 e. The molecule has 22 heavy (non-hydrogen) atoms. The molecule has 2 aromatic carbocycles. The van der Waals surface area contributed by atoms with Crippen molar-refractivity contribution in [1.82, 2.24) is 4.98 Å². The second-order valence-electron chi connectivity index (χ2n) is 5.07. The van der Waals surface area contributed by atoms with Gasteiger partial charge in [0.2, 0.25) is 5.70 Å². The van der Waals surface area contributed by atoms with Gasteiger partial charge < -0.3 is 4.98 Å². The van der Waals surface area contributed by atoms with Gasteiger partial charge in [-0.1, -0.05) is 55.5 Å². The zero-order valence-electron chi connectivity index (χ0n) is 12.2. The highest BCUT2D eigenvalue weighted by atomic mass is 16.6. The maximum atomic E-state index is 11.1. The Morgan fingerprint density at radius 3 is 2.50 bits per heavy atom.